The van der Waals surface area contributed by atoms with Crippen LogP contribution in [0.2, 0.25) is 0 Å². The van der Waals surface area contributed by atoms with Crippen molar-refractivity contribution in [2.75, 3.05) is 0 Å². The van der Waals surface area contributed by atoms with E-state index in [0.717, 1.165) is 36.1 Å². The topological polar surface area (TPSA) is 32.3 Å². The molecule has 0 heterocycles. The van der Waals surface area contributed by atoms with Crippen LogP contribution in [-0.4, -0.2) is 17.2 Å². The van der Waals surface area contributed by atoms with Crippen molar-refractivity contribution >= 4 is 0 Å². The number of hydrogen-bond donors (Lipinski definition) is 2. The van der Waals surface area contributed by atoms with Gasteiger partial charge in [-0.05, 0) is 93.2 Å². The summed E-state index contributed by atoms with van der Waals surface area (Å²) in [5.74, 6) is 4.42. The highest BCUT2D eigenvalue weighted by molar-refractivity contribution is 5.25. The minimum atomic E-state index is 0.364. The van der Waals surface area contributed by atoms with Gasteiger partial charge in [0, 0.05) is 12.1 Å². The smallest absolute Gasteiger partial charge is 0.115 e. The predicted octanol–water partition coefficient (Wildman–Crippen LogP) is 4.13. The van der Waals surface area contributed by atoms with Crippen molar-refractivity contribution in [1.82, 2.24) is 5.32 Å². The fourth-order valence-corrected chi connectivity index (χ4v) is 5.65. The van der Waals surface area contributed by atoms with Gasteiger partial charge in [-0.15, -0.1) is 0 Å². The van der Waals surface area contributed by atoms with Gasteiger partial charge in [0.25, 0.3) is 0 Å². The molecular formula is C20H29NO. The molecule has 0 saturated heterocycles. The Kier molecular flexibility index (Phi) is 3.89. The lowest BCUT2D eigenvalue weighted by molar-refractivity contribution is -0.0172. The molecule has 4 aliphatic rings. The minimum Gasteiger partial charge on any atom is -0.508 e. The van der Waals surface area contributed by atoms with Gasteiger partial charge in [-0.25, -0.2) is 0 Å². The summed E-state index contributed by atoms with van der Waals surface area (Å²) in [5, 5.41) is 13.3. The summed E-state index contributed by atoms with van der Waals surface area (Å²) in [7, 11) is 0. The number of aromatic hydroxyl groups is 1. The van der Waals surface area contributed by atoms with Gasteiger partial charge in [0.2, 0.25) is 0 Å². The molecular weight excluding hydrogens is 270 g/mol. The van der Waals surface area contributed by atoms with E-state index in [1.54, 1.807) is 12.1 Å². The number of nitrogens with one attached hydrogen (secondary N) is 1. The lowest BCUT2D eigenvalue weighted by atomic mass is 9.54. The molecule has 0 spiro atoms. The van der Waals surface area contributed by atoms with E-state index in [0.29, 0.717) is 11.8 Å². The first-order valence-electron chi connectivity index (χ1n) is 9.21. The second kappa shape index (κ2) is 5.88. The third-order valence-corrected chi connectivity index (χ3v) is 6.51. The molecule has 2 N–H and O–H groups in total. The van der Waals surface area contributed by atoms with Gasteiger partial charge in [-0.3, -0.25) is 0 Å². The molecule has 1 aromatic rings. The Hall–Kier alpha value is -1.02. The maximum Gasteiger partial charge on any atom is 0.115 e. The van der Waals surface area contributed by atoms with E-state index < -0.39 is 0 Å². The van der Waals surface area contributed by atoms with Crippen LogP contribution in [0.3, 0.4) is 0 Å². The second-order valence-electron chi connectivity index (χ2n) is 8.23. The van der Waals surface area contributed by atoms with Crippen molar-refractivity contribution in [3.8, 4) is 5.75 Å². The molecule has 4 bridgehead atoms. The Bertz CT molecular complexity index is 481. The number of benzene rings is 1. The van der Waals surface area contributed by atoms with E-state index in [4.69, 9.17) is 0 Å². The molecule has 120 valence electrons. The Morgan fingerprint density at radius 1 is 1.00 bits per heavy atom. The first-order valence-corrected chi connectivity index (χ1v) is 9.21. The Labute approximate surface area is 134 Å². The molecule has 5 rings (SSSR count). The Morgan fingerprint density at radius 3 is 2.18 bits per heavy atom. The SMILES string of the molecule is C[C@H](CCc1ccc(O)cc1)NC1C2CC3CC(C2)CC1C3. The van der Waals surface area contributed by atoms with Crippen LogP contribution in [-0.2, 0) is 6.42 Å². The van der Waals surface area contributed by atoms with E-state index >= 15 is 0 Å². The van der Waals surface area contributed by atoms with Crippen molar-refractivity contribution in [2.45, 2.75) is 64.0 Å². The molecule has 0 unspecified atom stereocenters. The molecule has 0 aliphatic heterocycles. The van der Waals surface area contributed by atoms with Gasteiger partial charge in [-0.1, -0.05) is 12.1 Å². The molecule has 0 amide bonds. The van der Waals surface area contributed by atoms with E-state index in [1.165, 1.54) is 44.1 Å². The van der Waals surface area contributed by atoms with Crippen molar-refractivity contribution in [1.29, 1.82) is 0 Å². The van der Waals surface area contributed by atoms with Crippen LogP contribution in [0.5, 0.6) is 5.75 Å². The number of phenols is 1. The summed E-state index contributed by atoms with van der Waals surface area (Å²) in [6, 6.07) is 9.07. The zero-order valence-electron chi connectivity index (χ0n) is 13.7. The monoisotopic (exact) mass is 299 g/mol. The minimum absolute atomic E-state index is 0.364. The summed E-state index contributed by atoms with van der Waals surface area (Å²) in [6.45, 7) is 2.35. The summed E-state index contributed by atoms with van der Waals surface area (Å²) < 4.78 is 0. The lowest BCUT2D eigenvalue weighted by Gasteiger charge is -2.55. The van der Waals surface area contributed by atoms with Gasteiger partial charge in [0.05, 0.1) is 0 Å². The zero-order valence-corrected chi connectivity index (χ0v) is 13.7. The van der Waals surface area contributed by atoms with Crippen molar-refractivity contribution in [3.05, 3.63) is 29.8 Å². The largest absolute Gasteiger partial charge is 0.508 e. The van der Waals surface area contributed by atoms with E-state index in [-0.39, 0.29) is 0 Å². The van der Waals surface area contributed by atoms with Gasteiger partial charge in [0.15, 0.2) is 0 Å². The number of aryl methyl sites for hydroxylation is 1. The maximum absolute atomic E-state index is 9.35. The molecule has 0 radical (unpaired) electrons. The van der Waals surface area contributed by atoms with Crippen LogP contribution >= 0.6 is 0 Å². The average Bonchev–Trinajstić information content (AvgIpc) is 2.50. The maximum atomic E-state index is 9.35. The average molecular weight is 299 g/mol. The Balaban J connectivity index is 1.30. The highest BCUT2D eigenvalue weighted by Crippen LogP contribution is 2.53. The first kappa shape index (κ1) is 14.6. The van der Waals surface area contributed by atoms with E-state index in [1.807, 2.05) is 12.1 Å². The number of hydrogen-bond acceptors (Lipinski definition) is 2. The van der Waals surface area contributed by atoms with Gasteiger partial charge in [0.1, 0.15) is 5.75 Å². The number of phenolic OH excluding ortho intramolecular Hbond substituents is 1. The fourth-order valence-electron chi connectivity index (χ4n) is 5.65. The quantitative estimate of drug-likeness (QED) is 0.857. The second-order valence-corrected chi connectivity index (χ2v) is 8.23. The van der Waals surface area contributed by atoms with Gasteiger partial charge >= 0.3 is 0 Å². The summed E-state index contributed by atoms with van der Waals surface area (Å²) >= 11 is 0. The summed E-state index contributed by atoms with van der Waals surface area (Å²) in [6.07, 6.45) is 9.81. The predicted molar refractivity (Wildman–Crippen MR) is 89.9 cm³/mol. The standard InChI is InChI=1S/C20H29NO/c1-13(2-3-14-4-6-19(22)7-5-14)21-20-17-9-15-8-16(11-17)12-18(20)10-15/h4-7,13,15-18,20-22H,2-3,8-12H2,1H3/t13-,15?,16?,17?,18?,20?/m1/s1. The van der Waals surface area contributed by atoms with E-state index in [2.05, 4.69) is 12.2 Å². The molecule has 2 heteroatoms. The van der Waals surface area contributed by atoms with Crippen LogP contribution < -0.4 is 5.32 Å². The Morgan fingerprint density at radius 2 is 1.59 bits per heavy atom. The van der Waals surface area contributed by atoms with Crippen molar-refractivity contribution < 1.29 is 5.11 Å². The van der Waals surface area contributed by atoms with Crippen LogP contribution in [0.25, 0.3) is 0 Å². The molecule has 4 saturated carbocycles. The highest BCUT2D eigenvalue weighted by Gasteiger charge is 2.48. The van der Waals surface area contributed by atoms with Crippen molar-refractivity contribution in [2.24, 2.45) is 23.7 Å². The summed E-state index contributed by atoms with van der Waals surface area (Å²) in [5.41, 5.74) is 1.33. The normalized spacial score (nSPS) is 37.4. The molecule has 4 fully saturated rings. The molecule has 2 nitrogen and oxygen atoms in total. The molecule has 4 aliphatic carbocycles. The van der Waals surface area contributed by atoms with Gasteiger partial charge in [-0.2, -0.15) is 0 Å². The highest BCUT2D eigenvalue weighted by atomic mass is 16.3. The summed E-state index contributed by atoms with van der Waals surface area (Å²) in [4.78, 5) is 0. The molecule has 1 atom stereocenters. The van der Waals surface area contributed by atoms with Crippen LogP contribution in [0.1, 0.15) is 51.0 Å². The number of rotatable bonds is 5. The third-order valence-electron chi connectivity index (χ3n) is 6.51. The van der Waals surface area contributed by atoms with Crippen LogP contribution in [0.4, 0.5) is 0 Å². The first-order chi connectivity index (χ1) is 10.7. The van der Waals surface area contributed by atoms with Crippen molar-refractivity contribution in [3.63, 3.8) is 0 Å². The lowest BCUT2D eigenvalue weighted by Crippen LogP contribution is -2.56. The molecule has 22 heavy (non-hydrogen) atoms. The van der Waals surface area contributed by atoms with E-state index in [9.17, 15) is 5.11 Å². The van der Waals surface area contributed by atoms with Crippen LogP contribution in [0, 0.1) is 23.7 Å². The van der Waals surface area contributed by atoms with Crippen LogP contribution in [0.15, 0.2) is 24.3 Å². The zero-order chi connectivity index (χ0) is 15.1. The molecule has 0 aromatic heterocycles. The third kappa shape index (κ3) is 2.90. The fraction of sp³-hybridized carbons (Fsp3) is 0.700. The molecule has 1 aromatic carbocycles. The van der Waals surface area contributed by atoms with Gasteiger partial charge < -0.3 is 10.4 Å².